The molecule has 3 nitrogen and oxygen atoms in total. The van der Waals surface area contributed by atoms with Gasteiger partial charge in [-0.25, -0.2) is 5.32 Å². The fourth-order valence-electron chi connectivity index (χ4n) is 1.47. The third kappa shape index (κ3) is 3.52. The Labute approximate surface area is 75.1 Å². The standard InChI is InChI=1S/C9H19N2O/c1-11-6-3-9(4-8-12-2)10-5-7-11/h9H,3-8H2,1-2H3. The van der Waals surface area contributed by atoms with Crippen LogP contribution in [0.15, 0.2) is 0 Å². The van der Waals surface area contributed by atoms with Gasteiger partial charge in [0.15, 0.2) is 0 Å². The van der Waals surface area contributed by atoms with E-state index in [0.717, 1.165) is 26.1 Å². The summed E-state index contributed by atoms with van der Waals surface area (Å²) in [5, 5.41) is 4.59. The summed E-state index contributed by atoms with van der Waals surface area (Å²) in [5.74, 6) is 0. The molecule has 0 aromatic heterocycles. The van der Waals surface area contributed by atoms with E-state index in [4.69, 9.17) is 4.74 Å². The van der Waals surface area contributed by atoms with Gasteiger partial charge in [-0.2, -0.15) is 0 Å². The van der Waals surface area contributed by atoms with Gasteiger partial charge in [-0.15, -0.1) is 0 Å². The summed E-state index contributed by atoms with van der Waals surface area (Å²) in [5.41, 5.74) is 0. The number of nitrogens with zero attached hydrogens (tertiary/aromatic N) is 2. The normalized spacial score (nSPS) is 27.0. The van der Waals surface area contributed by atoms with E-state index in [1.807, 2.05) is 0 Å². The van der Waals surface area contributed by atoms with Gasteiger partial charge in [0.25, 0.3) is 0 Å². The van der Waals surface area contributed by atoms with Gasteiger partial charge in [0.05, 0.1) is 0 Å². The maximum atomic E-state index is 5.04. The predicted octanol–water partition coefficient (Wildman–Crippen LogP) is 0.331. The molecular weight excluding hydrogens is 152 g/mol. The molecule has 1 radical (unpaired) electrons. The summed E-state index contributed by atoms with van der Waals surface area (Å²) >= 11 is 0. The third-order valence-corrected chi connectivity index (χ3v) is 2.37. The van der Waals surface area contributed by atoms with E-state index in [0.29, 0.717) is 6.04 Å². The summed E-state index contributed by atoms with van der Waals surface area (Å²) in [4.78, 5) is 2.34. The van der Waals surface area contributed by atoms with Crippen LogP contribution in [0.5, 0.6) is 0 Å². The molecule has 1 unspecified atom stereocenters. The van der Waals surface area contributed by atoms with Crippen molar-refractivity contribution in [1.29, 1.82) is 0 Å². The van der Waals surface area contributed by atoms with E-state index < -0.39 is 0 Å². The van der Waals surface area contributed by atoms with Gasteiger partial charge in [-0.05, 0) is 26.4 Å². The second-order valence-electron chi connectivity index (χ2n) is 3.43. The first-order valence-electron chi connectivity index (χ1n) is 4.67. The largest absolute Gasteiger partial charge is 0.385 e. The Morgan fingerprint density at radius 3 is 3.08 bits per heavy atom. The second-order valence-corrected chi connectivity index (χ2v) is 3.43. The van der Waals surface area contributed by atoms with E-state index in [2.05, 4.69) is 17.3 Å². The van der Waals surface area contributed by atoms with Crippen LogP contribution in [0.25, 0.3) is 0 Å². The Hall–Kier alpha value is -0.120. The Bertz CT molecular complexity index is 117. The minimum Gasteiger partial charge on any atom is -0.385 e. The minimum absolute atomic E-state index is 0.537. The van der Waals surface area contributed by atoms with Crippen LogP contribution in [0.3, 0.4) is 0 Å². The molecule has 1 saturated heterocycles. The average molecular weight is 171 g/mol. The predicted molar refractivity (Wildman–Crippen MR) is 49.4 cm³/mol. The SMILES string of the molecule is COCCC1CCN(C)CC[N]1. The topological polar surface area (TPSA) is 26.6 Å². The number of rotatable bonds is 3. The molecule has 1 fully saturated rings. The lowest BCUT2D eigenvalue weighted by molar-refractivity contribution is 0.181. The zero-order valence-corrected chi connectivity index (χ0v) is 8.12. The molecule has 3 heteroatoms. The van der Waals surface area contributed by atoms with Crippen LogP contribution in [0.4, 0.5) is 0 Å². The van der Waals surface area contributed by atoms with Crippen molar-refractivity contribution in [3.05, 3.63) is 0 Å². The second kappa shape index (κ2) is 5.51. The fraction of sp³-hybridized carbons (Fsp3) is 1.00. The lowest BCUT2D eigenvalue weighted by atomic mass is 10.1. The highest BCUT2D eigenvalue weighted by Gasteiger charge is 2.14. The van der Waals surface area contributed by atoms with Gasteiger partial charge in [0, 0.05) is 32.8 Å². The average Bonchev–Trinajstić information content (AvgIpc) is 2.27. The van der Waals surface area contributed by atoms with Crippen LogP contribution in [-0.4, -0.2) is 51.3 Å². The van der Waals surface area contributed by atoms with Crippen LogP contribution in [0.1, 0.15) is 12.8 Å². The molecule has 0 amide bonds. The van der Waals surface area contributed by atoms with Crippen molar-refractivity contribution in [2.24, 2.45) is 0 Å². The molecule has 0 aliphatic carbocycles. The fourth-order valence-corrected chi connectivity index (χ4v) is 1.47. The molecule has 0 bridgehead atoms. The molecule has 1 atom stereocenters. The molecule has 1 aliphatic rings. The maximum Gasteiger partial charge on any atom is 0.0477 e. The summed E-state index contributed by atoms with van der Waals surface area (Å²) in [6.45, 7) is 4.13. The maximum absolute atomic E-state index is 5.04. The van der Waals surface area contributed by atoms with Crippen molar-refractivity contribution in [1.82, 2.24) is 10.2 Å². The number of ether oxygens (including phenoxy) is 1. The number of hydrogen-bond donors (Lipinski definition) is 0. The first-order chi connectivity index (χ1) is 5.83. The Kier molecular flexibility index (Phi) is 4.58. The summed E-state index contributed by atoms with van der Waals surface area (Å²) < 4.78 is 5.04. The van der Waals surface area contributed by atoms with Gasteiger partial charge < -0.3 is 9.64 Å². The minimum atomic E-state index is 0.537. The van der Waals surface area contributed by atoms with E-state index in [-0.39, 0.29) is 0 Å². The van der Waals surface area contributed by atoms with Gasteiger partial charge in [0.1, 0.15) is 0 Å². The van der Waals surface area contributed by atoms with Crippen LogP contribution in [-0.2, 0) is 4.74 Å². The molecule has 12 heavy (non-hydrogen) atoms. The highest BCUT2D eigenvalue weighted by atomic mass is 16.5. The van der Waals surface area contributed by atoms with Crippen LogP contribution in [0, 0.1) is 0 Å². The molecule has 1 heterocycles. The first kappa shape index (κ1) is 9.96. The molecule has 1 rings (SSSR count). The van der Waals surface area contributed by atoms with Gasteiger partial charge in [0.2, 0.25) is 0 Å². The van der Waals surface area contributed by atoms with Gasteiger partial charge in [-0.1, -0.05) is 0 Å². The van der Waals surface area contributed by atoms with E-state index in [1.54, 1.807) is 7.11 Å². The number of methoxy groups -OCH3 is 1. The van der Waals surface area contributed by atoms with Crippen molar-refractivity contribution < 1.29 is 4.74 Å². The lowest BCUT2D eigenvalue weighted by Gasteiger charge is -2.13. The molecule has 1 aliphatic heterocycles. The van der Waals surface area contributed by atoms with Crippen LogP contribution in [0.2, 0.25) is 0 Å². The summed E-state index contributed by atoms with van der Waals surface area (Å²) in [6, 6.07) is 0.537. The molecule has 71 valence electrons. The molecule has 0 aromatic rings. The highest BCUT2D eigenvalue weighted by molar-refractivity contribution is 4.72. The Morgan fingerprint density at radius 2 is 2.33 bits per heavy atom. The third-order valence-electron chi connectivity index (χ3n) is 2.37. The van der Waals surface area contributed by atoms with Gasteiger partial charge in [-0.3, -0.25) is 0 Å². The molecule has 0 saturated carbocycles. The van der Waals surface area contributed by atoms with Crippen LogP contribution < -0.4 is 5.32 Å². The van der Waals surface area contributed by atoms with Crippen molar-refractivity contribution in [3.63, 3.8) is 0 Å². The van der Waals surface area contributed by atoms with E-state index >= 15 is 0 Å². The number of likely N-dealkylation sites (N-methyl/N-ethyl adjacent to an activating group) is 1. The number of hydrogen-bond acceptors (Lipinski definition) is 2. The highest BCUT2D eigenvalue weighted by Crippen LogP contribution is 2.04. The van der Waals surface area contributed by atoms with Crippen LogP contribution >= 0.6 is 0 Å². The monoisotopic (exact) mass is 171 g/mol. The smallest absolute Gasteiger partial charge is 0.0477 e. The molecular formula is C9H19N2O. The summed E-state index contributed by atoms with van der Waals surface area (Å²) in [6.07, 6.45) is 2.28. The first-order valence-corrected chi connectivity index (χ1v) is 4.67. The Morgan fingerprint density at radius 1 is 1.50 bits per heavy atom. The van der Waals surface area contributed by atoms with Gasteiger partial charge >= 0.3 is 0 Å². The Balaban J connectivity index is 2.17. The molecule has 0 N–H and O–H groups in total. The van der Waals surface area contributed by atoms with Crippen molar-refractivity contribution in [2.75, 3.05) is 40.4 Å². The summed E-state index contributed by atoms with van der Waals surface area (Å²) in [7, 11) is 3.91. The quantitative estimate of drug-likeness (QED) is 0.612. The van der Waals surface area contributed by atoms with Crippen molar-refractivity contribution >= 4 is 0 Å². The molecule has 0 spiro atoms. The zero-order chi connectivity index (χ0) is 8.81. The lowest BCUT2D eigenvalue weighted by Crippen LogP contribution is -2.24. The van der Waals surface area contributed by atoms with Crippen molar-refractivity contribution in [3.8, 4) is 0 Å². The molecule has 0 aromatic carbocycles. The van der Waals surface area contributed by atoms with E-state index in [9.17, 15) is 0 Å². The zero-order valence-electron chi connectivity index (χ0n) is 8.12. The van der Waals surface area contributed by atoms with E-state index in [1.165, 1.54) is 13.0 Å². The van der Waals surface area contributed by atoms with Crippen molar-refractivity contribution in [2.45, 2.75) is 18.9 Å².